The monoisotopic (exact) mass is 482 g/mol. The molecule has 0 aliphatic carbocycles. The number of benzene rings is 3. The molecule has 0 N–H and O–H groups in total. The third-order valence-corrected chi connectivity index (χ3v) is 10.0. The van der Waals surface area contributed by atoms with Gasteiger partial charge in [-0.15, -0.1) is 45.3 Å². The van der Waals surface area contributed by atoms with E-state index < -0.39 is 0 Å². The lowest BCUT2D eigenvalue weighted by molar-refractivity contribution is 1.64. The number of rotatable bonds is 2. The topological polar surface area (TPSA) is 0 Å². The van der Waals surface area contributed by atoms with E-state index >= 15 is 0 Å². The quantitative estimate of drug-likeness (QED) is 0.215. The Labute approximate surface area is 202 Å². The first-order valence-electron chi connectivity index (χ1n) is 10.6. The second-order valence-corrected chi connectivity index (χ2v) is 12.7. The van der Waals surface area contributed by atoms with E-state index in [-0.39, 0.29) is 0 Å². The lowest BCUT2D eigenvalue weighted by Crippen LogP contribution is -1.86. The van der Waals surface area contributed by atoms with E-state index in [0.717, 1.165) is 0 Å². The molecule has 4 aromatic heterocycles. The van der Waals surface area contributed by atoms with E-state index in [2.05, 4.69) is 85.3 Å². The zero-order valence-corrected chi connectivity index (χ0v) is 20.8. The van der Waals surface area contributed by atoms with Gasteiger partial charge in [0.25, 0.3) is 0 Å². The molecule has 32 heavy (non-hydrogen) atoms. The summed E-state index contributed by atoms with van der Waals surface area (Å²) in [6.07, 6.45) is 0. The van der Waals surface area contributed by atoms with Crippen molar-refractivity contribution in [2.24, 2.45) is 0 Å². The van der Waals surface area contributed by atoms with Crippen molar-refractivity contribution in [3.8, 4) is 20.9 Å². The minimum Gasteiger partial charge on any atom is -0.144 e. The predicted octanol–water partition coefficient (Wildman–Crippen LogP) is 10.5. The number of fused-ring (bicyclic) bond motifs is 5. The Hall–Kier alpha value is -2.50. The molecule has 4 heterocycles. The molecule has 0 aliphatic heterocycles. The molecule has 0 saturated heterocycles. The second-order valence-electron chi connectivity index (χ2n) is 8.24. The number of thiophene rings is 4. The van der Waals surface area contributed by atoms with Gasteiger partial charge in [-0.3, -0.25) is 0 Å². The third-order valence-electron chi connectivity index (χ3n) is 6.28. The van der Waals surface area contributed by atoms with E-state index in [9.17, 15) is 0 Å². The molecule has 4 heteroatoms. The van der Waals surface area contributed by atoms with Gasteiger partial charge in [-0.1, -0.05) is 12.1 Å². The molecule has 0 aliphatic rings. The van der Waals surface area contributed by atoms with E-state index in [4.69, 9.17) is 0 Å². The highest BCUT2D eigenvalue weighted by Crippen LogP contribution is 2.47. The zero-order valence-electron chi connectivity index (χ0n) is 17.6. The summed E-state index contributed by atoms with van der Waals surface area (Å²) < 4.78 is 2.73. The van der Waals surface area contributed by atoms with E-state index in [1.165, 1.54) is 72.4 Å². The molecule has 0 atom stereocenters. The Morgan fingerprint density at radius 1 is 0.469 bits per heavy atom. The summed E-state index contributed by atoms with van der Waals surface area (Å²) in [6.45, 7) is 4.39. The first-order valence-corrected chi connectivity index (χ1v) is 14.0. The van der Waals surface area contributed by atoms with Crippen molar-refractivity contribution >= 4 is 87.1 Å². The molecular formula is C28H18S4. The van der Waals surface area contributed by atoms with Crippen LogP contribution in [0.25, 0.3) is 62.6 Å². The van der Waals surface area contributed by atoms with Crippen molar-refractivity contribution in [1.82, 2.24) is 0 Å². The first kappa shape index (κ1) is 19.0. The standard InChI is InChI=1S/C28H18S4/c1-15-3-7-23(31-15)27-17-5-6-18-22(21(17)13-25-19(27)9-11-29-25)14-26-20(10-12-30-26)28(18)24-8-4-16(2)32-24/h3-14H,1-2H3. The Balaban J connectivity index is 1.69. The second kappa shape index (κ2) is 7.00. The van der Waals surface area contributed by atoms with Crippen LogP contribution in [-0.4, -0.2) is 0 Å². The fraction of sp³-hybridized carbons (Fsp3) is 0.0714. The molecule has 0 spiro atoms. The molecule has 154 valence electrons. The first-order chi connectivity index (χ1) is 15.7. The fourth-order valence-electron chi connectivity index (χ4n) is 4.88. The van der Waals surface area contributed by atoms with Gasteiger partial charge < -0.3 is 0 Å². The van der Waals surface area contributed by atoms with Crippen molar-refractivity contribution in [2.45, 2.75) is 13.8 Å². The van der Waals surface area contributed by atoms with Gasteiger partial charge in [0, 0.05) is 50.8 Å². The number of hydrogen-bond acceptors (Lipinski definition) is 4. The average molecular weight is 483 g/mol. The molecule has 7 rings (SSSR count). The molecule has 3 aromatic carbocycles. The van der Waals surface area contributed by atoms with Crippen LogP contribution in [0.4, 0.5) is 0 Å². The third kappa shape index (κ3) is 2.70. The van der Waals surface area contributed by atoms with Crippen molar-refractivity contribution in [1.29, 1.82) is 0 Å². The molecule has 0 fully saturated rings. The lowest BCUT2D eigenvalue weighted by Gasteiger charge is -2.14. The summed E-state index contributed by atoms with van der Waals surface area (Å²) >= 11 is 7.48. The zero-order chi connectivity index (χ0) is 21.4. The maximum absolute atomic E-state index is 2.42. The predicted molar refractivity (Wildman–Crippen MR) is 148 cm³/mol. The van der Waals surface area contributed by atoms with Crippen molar-refractivity contribution in [3.63, 3.8) is 0 Å². The van der Waals surface area contributed by atoms with Gasteiger partial charge in [-0.2, -0.15) is 0 Å². The minimum absolute atomic E-state index is 1.36. The van der Waals surface area contributed by atoms with Gasteiger partial charge in [-0.25, -0.2) is 0 Å². The van der Waals surface area contributed by atoms with E-state index in [1.807, 2.05) is 45.3 Å². The van der Waals surface area contributed by atoms with Gasteiger partial charge in [0.05, 0.1) is 0 Å². The van der Waals surface area contributed by atoms with Crippen LogP contribution in [0.2, 0.25) is 0 Å². The van der Waals surface area contributed by atoms with Crippen molar-refractivity contribution in [2.75, 3.05) is 0 Å². The average Bonchev–Trinajstić information content (AvgIpc) is 3.58. The molecule has 7 aromatic rings. The van der Waals surface area contributed by atoms with Crippen LogP contribution in [0.5, 0.6) is 0 Å². The van der Waals surface area contributed by atoms with Crippen LogP contribution in [0.1, 0.15) is 9.75 Å². The molecule has 0 bridgehead atoms. The Kier molecular flexibility index (Phi) is 4.16. The highest BCUT2D eigenvalue weighted by molar-refractivity contribution is 7.18. The summed E-state index contributed by atoms with van der Waals surface area (Å²) in [5.74, 6) is 0. The molecule has 0 saturated carbocycles. The summed E-state index contributed by atoms with van der Waals surface area (Å²) in [7, 11) is 0. The van der Waals surface area contributed by atoms with Crippen LogP contribution in [0, 0.1) is 13.8 Å². The normalized spacial score (nSPS) is 12.1. The molecule has 0 radical (unpaired) electrons. The highest BCUT2D eigenvalue weighted by atomic mass is 32.1. The van der Waals surface area contributed by atoms with Gasteiger partial charge in [0.2, 0.25) is 0 Å². The smallest absolute Gasteiger partial charge is 0.0358 e. The summed E-state index contributed by atoms with van der Waals surface area (Å²) in [4.78, 5) is 5.44. The van der Waals surface area contributed by atoms with Gasteiger partial charge >= 0.3 is 0 Å². The Bertz CT molecular complexity index is 1670. The Morgan fingerprint density at radius 3 is 1.34 bits per heavy atom. The largest absolute Gasteiger partial charge is 0.144 e. The number of aryl methyl sites for hydroxylation is 2. The van der Waals surface area contributed by atoms with E-state index in [1.54, 1.807) is 0 Å². The van der Waals surface area contributed by atoms with Gasteiger partial charge in [0.1, 0.15) is 0 Å². The van der Waals surface area contributed by atoms with Crippen molar-refractivity contribution < 1.29 is 0 Å². The SMILES string of the molecule is Cc1ccc(-c2c3ccsc3cc3c2ccc2c(-c4ccc(C)s4)c4ccsc4cc23)s1. The van der Waals surface area contributed by atoms with Crippen LogP contribution < -0.4 is 0 Å². The molecule has 0 unspecified atom stereocenters. The fourth-order valence-corrected chi connectivity index (χ4v) is 8.43. The van der Waals surface area contributed by atoms with E-state index in [0.29, 0.717) is 0 Å². The summed E-state index contributed by atoms with van der Waals surface area (Å²) in [5, 5.41) is 12.6. The summed E-state index contributed by atoms with van der Waals surface area (Å²) in [6, 6.07) is 23.2. The lowest BCUT2D eigenvalue weighted by atomic mass is 9.92. The van der Waals surface area contributed by atoms with Crippen LogP contribution in [0.3, 0.4) is 0 Å². The van der Waals surface area contributed by atoms with Crippen LogP contribution >= 0.6 is 45.3 Å². The maximum Gasteiger partial charge on any atom is 0.0358 e. The molecule has 0 amide bonds. The Morgan fingerprint density at radius 2 is 0.938 bits per heavy atom. The summed E-state index contributed by atoms with van der Waals surface area (Å²) in [5.41, 5.74) is 2.78. The maximum atomic E-state index is 2.42. The van der Waals surface area contributed by atoms with Crippen LogP contribution in [0.15, 0.2) is 71.4 Å². The minimum atomic E-state index is 1.36. The molecule has 0 nitrogen and oxygen atoms in total. The number of hydrogen-bond donors (Lipinski definition) is 0. The highest BCUT2D eigenvalue weighted by Gasteiger charge is 2.18. The van der Waals surface area contributed by atoms with Crippen LogP contribution in [-0.2, 0) is 0 Å². The van der Waals surface area contributed by atoms with Gasteiger partial charge in [-0.05, 0) is 94.7 Å². The van der Waals surface area contributed by atoms with Gasteiger partial charge in [0.15, 0.2) is 0 Å². The van der Waals surface area contributed by atoms with Crippen molar-refractivity contribution in [3.05, 3.63) is 81.2 Å². The molecular weight excluding hydrogens is 465 g/mol.